The number of carbonyl (C=O) groups is 1. The van der Waals surface area contributed by atoms with Crippen molar-refractivity contribution in [3.8, 4) is 11.8 Å². The highest BCUT2D eigenvalue weighted by Crippen LogP contribution is 2.16. The van der Waals surface area contributed by atoms with E-state index in [1.54, 1.807) is 24.3 Å². The molecule has 0 spiro atoms. The normalized spacial score (nSPS) is 17.7. The Morgan fingerprint density at radius 1 is 1.53 bits per heavy atom. The van der Waals surface area contributed by atoms with Crippen molar-refractivity contribution in [3.05, 3.63) is 29.8 Å². The quantitative estimate of drug-likeness (QED) is 0.864. The predicted octanol–water partition coefficient (Wildman–Crippen LogP) is 1.23. The van der Waals surface area contributed by atoms with Crippen LogP contribution in [0.1, 0.15) is 18.4 Å². The first-order valence-electron chi connectivity index (χ1n) is 6.30. The zero-order valence-electron chi connectivity index (χ0n) is 10.6. The van der Waals surface area contributed by atoms with Crippen LogP contribution in [0.15, 0.2) is 24.3 Å². The number of amides is 1. The number of ether oxygens (including phenoxy) is 2. The van der Waals surface area contributed by atoms with Gasteiger partial charge < -0.3 is 14.8 Å². The molecule has 1 aromatic carbocycles. The Balaban J connectivity index is 1.75. The average molecular weight is 260 g/mol. The van der Waals surface area contributed by atoms with Gasteiger partial charge in [-0.1, -0.05) is 12.1 Å². The number of rotatable bonds is 5. The predicted molar refractivity (Wildman–Crippen MR) is 68.6 cm³/mol. The topological polar surface area (TPSA) is 71.3 Å². The Bertz CT molecular complexity index is 476. The van der Waals surface area contributed by atoms with E-state index in [1.807, 2.05) is 6.07 Å². The van der Waals surface area contributed by atoms with Crippen LogP contribution in [0, 0.1) is 11.3 Å². The van der Waals surface area contributed by atoms with E-state index in [1.165, 1.54) is 0 Å². The molecular weight excluding hydrogens is 244 g/mol. The molecule has 0 aromatic heterocycles. The third-order valence-corrected chi connectivity index (χ3v) is 2.92. The second kappa shape index (κ2) is 6.76. The van der Waals surface area contributed by atoms with Crippen molar-refractivity contribution < 1.29 is 14.3 Å². The molecule has 0 saturated carbocycles. The molecule has 1 aliphatic rings. The summed E-state index contributed by atoms with van der Waals surface area (Å²) in [6.45, 7) is 1.19. The largest absolute Gasteiger partial charge is 0.482 e. The smallest absolute Gasteiger partial charge is 0.258 e. The number of nitrogens with one attached hydrogen (secondary N) is 1. The molecule has 1 fully saturated rings. The van der Waals surface area contributed by atoms with Crippen molar-refractivity contribution in [1.29, 1.82) is 5.26 Å². The van der Waals surface area contributed by atoms with E-state index < -0.39 is 0 Å². The monoisotopic (exact) mass is 260 g/mol. The number of carbonyl (C=O) groups excluding carboxylic acids is 1. The molecule has 1 aliphatic heterocycles. The number of benzene rings is 1. The van der Waals surface area contributed by atoms with E-state index in [4.69, 9.17) is 14.7 Å². The fraction of sp³-hybridized carbons (Fsp3) is 0.429. The standard InChI is InChI=1S/C14H16N2O3/c15-8-11-4-1-2-6-13(11)19-10-14(17)16-9-12-5-3-7-18-12/h1-2,4,6,12H,3,5,7,9-10H2,(H,16,17). The highest BCUT2D eigenvalue weighted by atomic mass is 16.5. The van der Waals surface area contributed by atoms with Gasteiger partial charge in [0.25, 0.3) is 5.91 Å². The van der Waals surface area contributed by atoms with Gasteiger partial charge in [0.05, 0.1) is 11.7 Å². The lowest BCUT2D eigenvalue weighted by Gasteiger charge is -2.11. The molecular formula is C14H16N2O3. The Morgan fingerprint density at radius 3 is 3.11 bits per heavy atom. The molecule has 1 aromatic rings. The number of hydrogen-bond acceptors (Lipinski definition) is 4. The van der Waals surface area contributed by atoms with Gasteiger partial charge in [0, 0.05) is 13.2 Å². The van der Waals surface area contributed by atoms with Crippen molar-refractivity contribution in [3.63, 3.8) is 0 Å². The van der Waals surface area contributed by atoms with Crippen LogP contribution in [0.5, 0.6) is 5.75 Å². The van der Waals surface area contributed by atoms with Crippen molar-refractivity contribution in [1.82, 2.24) is 5.32 Å². The Kier molecular flexibility index (Phi) is 4.76. The van der Waals surface area contributed by atoms with Crippen molar-refractivity contribution in [2.45, 2.75) is 18.9 Å². The first-order valence-corrected chi connectivity index (χ1v) is 6.30. The van der Waals surface area contributed by atoms with Gasteiger partial charge in [0.15, 0.2) is 6.61 Å². The van der Waals surface area contributed by atoms with E-state index in [-0.39, 0.29) is 18.6 Å². The van der Waals surface area contributed by atoms with Crippen molar-refractivity contribution >= 4 is 5.91 Å². The first kappa shape index (κ1) is 13.4. The van der Waals surface area contributed by atoms with E-state index in [0.29, 0.717) is 17.9 Å². The summed E-state index contributed by atoms with van der Waals surface area (Å²) in [7, 11) is 0. The van der Waals surface area contributed by atoms with Crippen LogP contribution in [-0.2, 0) is 9.53 Å². The SMILES string of the molecule is N#Cc1ccccc1OCC(=O)NCC1CCCO1. The molecule has 1 amide bonds. The molecule has 1 unspecified atom stereocenters. The zero-order chi connectivity index (χ0) is 13.5. The van der Waals surface area contributed by atoms with Crippen LogP contribution in [0.3, 0.4) is 0 Å². The highest BCUT2D eigenvalue weighted by molar-refractivity contribution is 5.77. The summed E-state index contributed by atoms with van der Waals surface area (Å²) >= 11 is 0. The van der Waals surface area contributed by atoms with Crippen LogP contribution in [-0.4, -0.2) is 31.8 Å². The van der Waals surface area contributed by atoms with Gasteiger partial charge in [-0.15, -0.1) is 0 Å². The maximum Gasteiger partial charge on any atom is 0.258 e. The Labute approximate surface area is 112 Å². The zero-order valence-corrected chi connectivity index (χ0v) is 10.6. The second-order valence-electron chi connectivity index (χ2n) is 4.34. The van der Waals surface area contributed by atoms with E-state index >= 15 is 0 Å². The number of hydrogen-bond donors (Lipinski definition) is 1. The summed E-state index contributed by atoms with van der Waals surface area (Å²) in [5.41, 5.74) is 0.425. The van der Waals surface area contributed by atoms with Crippen LogP contribution in [0.25, 0.3) is 0 Å². The van der Waals surface area contributed by atoms with Crippen LogP contribution in [0.2, 0.25) is 0 Å². The molecule has 1 N–H and O–H groups in total. The highest BCUT2D eigenvalue weighted by Gasteiger charge is 2.16. The lowest BCUT2D eigenvalue weighted by atomic mass is 10.2. The molecule has 1 heterocycles. The molecule has 5 nitrogen and oxygen atoms in total. The molecule has 1 saturated heterocycles. The van der Waals surface area contributed by atoms with E-state index in [2.05, 4.69) is 5.32 Å². The molecule has 0 radical (unpaired) electrons. The minimum atomic E-state index is -0.205. The number of nitrogens with zero attached hydrogens (tertiary/aromatic N) is 1. The molecule has 0 aliphatic carbocycles. The summed E-state index contributed by atoms with van der Waals surface area (Å²) in [5, 5.41) is 11.6. The van der Waals surface area contributed by atoms with Gasteiger partial charge in [0.2, 0.25) is 0 Å². The molecule has 5 heteroatoms. The number of nitriles is 1. The molecule has 100 valence electrons. The lowest BCUT2D eigenvalue weighted by Crippen LogP contribution is -2.35. The van der Waals surface area contributed by atoms with Crippen molar-refractivity contribution in [2.24, 2.45) is 0 Å². The minimum absolute atomic E-state index is 0.0919. The van der Waals surface area contributed by atoms with Gasteiger partial charge in [-0.25, -0.2) is 0 Å². The Hall–Kier alpha value is -2.06. The Morgan fingerprint density at radius 2 is 2.37 bits per heavy atom. The molecule has 0 bridgehead atoms. The maximum absolute atomic E-state index is 11.6. The van der Waals surface area contributed by atoms with Gasteiger partial charge >= 0.3 is 0 Å². The third kappa shape index (κ3) is 3.97. The van der Waals surface area contributed by atoms with E-state index in [0.717, 1.165) is 19.4 Å². The summed E-state index contributed by atoms with van der Waals surface area (Å²) in [4.78, 5) is 11.6. The van der Waals surface area contributed by atoms with Crippen LogP contribution < -0.4 is 10.1 Å². The lowest BCUT2D eigenvalue weighted by molar-refractivity contribution is -0.123. The molecule has 19 heavy (non-hydrogen) atoms. The first-order chi connectivity index (χ1) is 9.29. The van der Waals surface area contributed by atoms with Gasteiger partial charge in [0.1, 0.15) is 11.8 Å². The minimum Gasteiger partial charge on any atom is -0.482 e. The van der Waals surface area contributed by atoms with Gasteiger partial charge in [-0.05, 0) is 25.0 Å². The fourth-order valence-electron chi connectivity index (χ4n) is 1.91. The molecule has 1 atom stereocenters. The maximum atomic E-state index is 11.6. The number of para-hydroxylation sites is 1. The van der Waals surface area contributed by atoms with Crippen LogP contribution in [0.4, 0.5) is 0 Å². The average Bonchev–Trinajstić information content (AvgIpc) is 2.96. The third-order valence-electron chi connectivity index (χ3n) is 2.92. The second-order valence-corrected chi connectivity index (χ2v) is 4.34. The van der Waals surface area contributed by atoms with Gasteiger partial charge in [-0.2, -0.15) is 5.26 Å². The summed E-state index contributed by atoms with van der Waals surface area (Å²) in [6.07, 6.45) is 2.15. The van der Waals surface area contributed by atoms with E-state index in [9.17, 15) is 4.79 Å². The summed E-state index contributed by atoms with van der Waals surface area (Å²) in [5.74, 6) is 0.223. The molecule has 2 rings (SSSR count). The summed E-state index contributed by atoms with van der Waals surface area (Å²) in [6, 6.07) is 8.86. The summed E-state index contributed by atoms with van der Waals surface area (Å²) < 4.78 is 10.7. The van der Waals surface area contributed by atoms with Crippen LogP contribution >= 0.6 is 0 Å². The van der Waals surface area contributed by atoms with Gasteiger partial charge in [-0.3, -0.25) is 4.79 Å². The van der Waals surface area contributed by atoms with Crippen molar-refractivity contribution in [2.75, 3.05) is 19.8 Å². The fourth-order valence-corrected chi connectivity index (χ4v) is 1.91.